The third-order valence-electron chi connectivity index (χ3n) is 5.65. The van der Waals surface area contributed by atoms with E-state index in [1.165, 1.54) is 0 Å². The Balaban J connectivity index is 1.56. The third-order valence-corrected chi connectivity index (χ3v) is 5.65. The Morgan fingerprint density at radius 3 is 2.37 bits per heavy atom. The van der Waals surface area contributed by atoms with E-state index in [1.54, 1.807) is 10.8 Å². The predicted molar refractivity (Wildman–Crippen MR) is 115 cm³/mol. The molecule has 154 valence electrons. The maximum atomic E-state index is 13.0. The number of hydrogen-bond acceptors (Lipinski definition) is 3. The Morgan fingerprint density at radius 1 is 0.967 bits per heavy atom. The van der Waals surface area contributed by atoms with Crippen LogP contribution in [0.2, 0.25) is 0 Å². The molecule has 1 saturated heterocycles. The van der Waals surface area contributed by atoms with Gasteiger partial charge in [0.2, 0.25) is 5.91 Å². The number of aromatic nitrogens is 1. The highest BCUT2D eigenvalue weighted by Crippen LogP contribution is 2.23. The van der Waals surface area contributed by atoms with Gasteiger partial charge in [-0.1, -0.05) is 48.5 Å². The van der Waals surface area contributed by atoms with E-state index in [4.69, 9.17) is 0 Å². The standard InChI is InChI=1S/C24H25N3O3/c1-17(18-9-3-2-4-10-18)25-24(30)23(29)20-15-27(21-12-6-5-11-19(20)21)16-22(28)26-13-7-8-14-26/h2-6,9-12,15,17H,7-8,13-14,16H2,1H3,(H,25,30)/t17-/m1/s1. The Hall–Kier alpha value is -3.41. The van der Waals surface area contributed by atoms with E-state index in [-0.39, 0.29) is 18.5 Å². The van der Waals surface area contributed by atoms with E-state index in [2.05, 4.69) is 5.32 Å². The molecule has 0 spiro atoms. The number of carbonyl (C=O) groups excluding carboxylic acids is 3. The van der Waals surface area contributed by atoms with Gasteiger partial charge >= 0.3 is 0 Å². The summed E-state index contributed by atoms with van der Waals surface area (Å²) in [6, 6.07) is 16.6. The molecule has 1 aliphatic rings. The van der Waals surface area contributed by atoms with Gasteiger partial charge in [-0.3, -0.25) is 14.4 Å². The number of nitrogens with one attached hydrogen (secondary N) is 1. The fourth-order valence-electron chi connectivity index (χ4n) is 3.98. The van der Waals surface area contributed by atoms with Gasteiger partial charge in [0.25, 0.3) is 11.7 Å². The van der Waals surface area contributed by atoms with Gasteiger partial charge in [0.1, 0.15) is 6.54 Å². The molecule has 1 N–H and O–H groups in total. The molecule has 2 aromatic carbocycles. The van der Waals surface area contributed by atoms with Crippen molar-refractivity contribution < 1.29 is 14.4 Å². The number of rotatable bonds is 6. The number of ketones is 1. The molecule has 6 heteroatoms. The number of Topliss-reactive ketones (excluding diaryl/α,β-unsaturated/α-hetero) is 1. The Morgan fingerprint density at radius 2 is 1.63 bits per heavy atom. The van der Waals surface area contributed by atoms with Gasteiger partial charge in [0.05, 0.1) is 11.6 Å². The highest BCUT2D eigenvalue weighted by molar-refractivity contribution is 6.45. The number of benzene rings is 2. The molecule has 0 bridgehead atoms. The first kappa shape index (κ1) is 19.9. The first-order valence-electron chi connectivity index (χ1n) is 10.3. The monoisotopic (exact) mass is 403 g/mol. The molecular weight excluding hydrogens is 378 g/mol. The lowest BCUT2D eigenvalue weighted by Gasteiger charge is -2.16. The van der Waals surface area contributed by atoms with Gasteiger partial charge < -0.3 is 14.8 Å². The second kappa shape index (κ2) is 8.53. The average molecular weight is 403 g/mol. The Kier molecular flexibility index (Phi) is 5.65. The predicted octanol–water partition coefficient (Wildman–Crippen LogP) is 3.32. The number of fused-ring (bicyclic) bond motifs is 1. The molecule has 3 aromatic rings. The maximum absolute atomic E-state index is 13.0. The van der Waals surface area contributed by atoms with E-state index in [1.807, 2.05) is 66.4 Å². The van der Waals surface area contributed by atoms with E-state index < -0.39 is 11.7 Å². The number of likely N-dealkylation sites (tertiary alicyclic amines) is 1. The number of hydrogen-bond donors (Lipinski definition) is 1. The van der Waals surface area contributed by atoms with Crippen molar-refractivity contribution >= 4 is 28.5 Å². The summed E-state index contributed by atoms with van der Waals surface area (Å²) in [4.78, 5) is 40.1. The molecule has 1 fully saturated rings. The summed E-state index contributed by atoms with van der Waals surface area (Å²) in [5, 5.41) is 3.46. The molecule has 1 aliphatic heterocycles. The van der Waals surface area contributed by atoms with Crippen LogP contribution in [0.5, 0.6) is 0 Å². The van der Waals surface area contributed by atoms with Crippen LogP contribution in [0.25, 0.3) is 10.9 Å². The SMILES string of the molecule is C[C@@H](NC(=O)C(=O)c1cn(CC(=O)N2CCCC2)c2ccccc12)c1ccccc1. The van der Waals surface area contributed by atoms with Gasteiger partial charge in [-0.15, -0.1) is 0 Å². The van der Waals surface area contributed by atoms with Crippen molar-refractivity contribution in [2.45, 2.75) is 32.4 Å². The van der Waals surface area contributed by atoms with Crippen molar-refractivity contribution in [2.75, 3.05) is 13.1 Å². The normalized spacial score (nSPS) is 14.6. The summed E-state index contributed by atoms with van der Waals surface area (Å²) in [5.41, 5.74) is 2.02. The average Bonchev–Trinajstić information content (AvgIpc) is 3.43. The van der Waals surface area contributed by atoms with Crippen molar-refractivity contribution in [1.82, 2.24) is 14.8 Å². The first-order chi connectivity index (χ1) is 14.5. The van der Waals surface area contributed by atoms with Gasteiger partial charge in [-0.2, -0.15) is 0 Å². The van der Waals surface area contributed by atoms with Crippen molar-refractivity contribution in [3.05, 3.63) is 71.9 Å². The number of nitrogens with zero attached hydrogens (tertiary/aromatic N) is 2. The van der Waals surface area contributed by atoms with Crippen molar-refractivity contribution in [1.29, 1.82) is 0 Å². The van der Waals surface area contributed by atoms with Crippen molar-refractivity contribution in [2.24, 2.45) is 0 Å². The Labute approximate surface area is 175 Å². The minimum atomic E-state index is -0.653. The molecule has 30 heavy (non-hydrogen) atoms. The molecule has 0 radical (unpaired) electrons. The molecule has 6 nitrogen and oxygen atoms in total. The van der Waals surface area contributed by atoms with E-state index >= 15 is 0 Å². The van der Waals surface area contributed by atoms with E-state index in [0.29, 0.717) is 10.9 Å². The number of para-hydroxylation sites is 1. The van der Waals surface area contributed by atoms with Crippen LogP contribution >= 0.6 is 0 Å². The molecule has 1 aromatic heterocycles. The van der Waals surface area contributed by atoms with Crippen molar-refractivity contribution in [3.8, 4) is 0 Å². The number of amides is 2. The van der Waals surface area contributed by atoms with Crippen LogP contribution in [0.4, 0.5) is 0 Å². The van der Waals surface area contributed by atoms with Crippen LogP contribution in [0.1, 0.15) is 41.7 Å². The fourth-order valence-corrected chi connectivity index (χ4v) is 3.98. The zero-order valence-corrected chi connectivity index (χ0v) is 17.0. The quantitative estimate of drug-likeness (QED) is 0.507. The van der Waals surface area contributed by atoms with Crippen LogP contribution in [-0.4, -0.2) is 40.2 Å². The first-order valence-corrected chi connectivity index (χ1v) is 10.3. The smallest absolute Gasteiger partial charge is 0.292 e. The summed E-state index contributed by atoms with van der Waals surface area (Å²) in [6.07, 6.45) is 3.69. The molecule has 1 atom stereocenters. The minimum absolute atomic E-state index is 0.0365. The molecule has 0 aliphatic carbocycles. The van der Waals surface area contributed by atoms with Gasteiger partial charge in [0, 0.05) is 30.2 Å². The summed E-state index contributed by atoms with van der Waals surface area (Å²) >= 11 is 0. The minimum Gasteiger partial charge on any atom is -0.343 e. The maximum Gasteiger partial charge on any atom is 0.292 e. The van der Waals surface area contributed by atoms with Crippen molar-refractivity contribution in [3.63, 3.8) is 0 Å². The van der Waals surface area contributed by atoms with E-state index in [0.717, 1.165) is 37.0 Å². The lowest BCUT2D eigenvalue weighted by Crippen LogP contribution is -2.33. The molecule has 0 unspecified atom stereocenters. The third kappa shape index (κ3) is 3.99. The van der Waals surface area contributed by atoms with Crippen LogP contribution in [0, 0.1) is 0 Å². The van der Waals surface area contributed by atoms with Gasteiger partial charge in [-0.05, 0) is 31.4 Å². The zero-order valence-electron chi connectivity index (χ0n) is 17.0. The molecular formula is C24H25N3O3. The summed E-state index contributed by atoms with van der Waals surface area (Å²) in [6.45, 7) is 3.57. The molecule has 0 saturated carbocycles. The number of carbonyl (C=O) groups is 3. The summed E-state index contributed by atoms with van der Waals surface area (Å²) in [5.74, 6) is -1.21. The second-order valence-electron chi connectivity index (χ2n) is 7.71. The summed E-state index contributed by atoms with van der Waals surface area (Å²) < 4.78 is 1.77. The topological polar surface area (TPSA) is 71.4 Å². The van der Waals surface area contributed by atoms with Gasteiger partial charge in [-0.25, -0.2) is 0 Å². The summed E-state index contributed by atoms with van der Waals surface area (Å²) in [7, 11) is 0. The fraction of sp³-hybridized carbons (Fsp3) is 0.292. The molecule has 4 rings (SSSR count). The highest BCUT2D eigenvalue weighted by Gasteiger charge is 2.25. The highest BCUT2D eigenvalue weighted by atomic mass is 16.2. The second-order valence-corrected chi connectivity index (χ2v) is 7.71. The lowest BCUT2D eigenvalue weighted by molar-refractivity contribution is -0.130. The molecule has 2 amide bonds. The van der Waals surface area contributed by atoms with E-state index in [9.17, 15) is 14.4 Å². The molecule has 2 heterocycles. The van der Waals surface area contributed by atoms with Crippen LogP contribution < -0.4 is 5.32 Å². The van der Waals surface area contributed by atoms with Gasteiger partial charge in [0.15, 0.2) is 0 Å². The zero-order chi connectivity index (χ0) is 21.1. The Bertz CT molecular complexity index is 1080. The van der Waals surface area contributed by atoms with Crippen LogP contribution in [0.15, 0.2) is 60.8 Å². The lowest BCUT2D eigenvalue weighted by atomic mass is 10.1. The largest absolute Gasteiger partial charge is 0.343 e. The van der Waals surface area contributed by atoms with Crippen LogP contribution in [0.3, 0.4) is 0 Å². The van der Waals surface area contributed by atoms with Crippen LogP contribution in [-0.2, 0) is 16.1 Å².